The van der Waals surface area contributed by atoms with Gasteiger partial charge in [-0.3, -0.25) is 5.32 Å². The summed E-state index contributed by atoms with van der Waals surface area (Å²) in [5.74, 6) is -0.244. The lowest BCUT2D eigenvalue weighted by atomic mass is 10.2. The lowest BCUT2D eigenvalue weighted by Crippen LogP contribution is -2.29. The zero-order valence-corrected chi connectivity index (χ0v) is 13.5. The van der Waals surface area contributed by atoms with Crippen LogP contribution < -0.4 is 5.32 Å². The van der Waals surface area contributed by atoms with Crippen LogP contribution in [0.4, 0.5) is 0 Å². The summed E-state index contributed by atoms with van der Waals surface area (Å²) in [4.78, 5) is 13.1. The number of halogens is 1. The predicted octanol–water partition coefficient (Wildman–Crippen LogP) is 3.90. The number of carbonyl (C=O) groups is 1. The Morgan fingerprint density at radius 1 is 1.35 bits per heavy atom. The van der Waals surface area contributed by atoms with E-state index >= 15 is 0 Å². The molecular formula is C15H16BrNO2S. The van der Waals surface area contributed by atoms with E-state index in [1.54, 1.807) is 0 Å². The first-order chi connectivity index (χ1) is 9.72. The normalized spacial score (nSPS) is 12.1. The van der Waals surface area contributed by atoms with Crippen LogP contribution in [0.15, 0.2) is 46.3 Å². The van der Waals surface area contributed by atoms with Gasteiger partial charge in [0.2, 0.25) is 0 Å². The number of hydrogen-bond donors (Lipinski definition) is 1. The maximum absolute atomic E-state index is 12.1. The molecule has 1 heterocycles. The fourth-order valence-electron chi connectivity index (χ4n) is 1.84. The van der Waals surface area contributed by atoms with Crippen molar-refractivity contribution in [2.24, 2.45) is 0 Å². The number of thiophene rings is 1. The van der Waals surface area contributed by atoms with Crippen LogP contribution in [0.25, 0.3) is 0 Å². The van der Waals surface area contributed by atoms with Gasteiger partial charge < -0.3 is 4.74 Å². The molecule has 1 atom stereocenters. The summed E-state index contributed by atoms with van der Waals surface area (Å²) in [6.07, 6.45) is 0. The largest absolute Gasteiger partial charge is 0.465 e. The van der Waals surface area contributed by atoms with Crippen LogP contribution in [-0.2, 0) is 16.1 Å². The molecule has 0 saturated heterocycles. The molecule has 0 amide bonds. The maximum Gasteiger partial charge on any atom is 0.328 e. The fraction of sp³-hybridized carbons (Fsp3) is 0.267. The van der Waals surface area contributed by atoms with Gasteiger partial charge in [0, 0.05) is 15.9 Å². The quantitative estimate of drug-likeness (QED) is 0.800. The van der Waals surface area contributed by atoms with E-state index < -0.39 is 6.04 Å². The van der Waals surface area contributed by atoms with Crippen LogP contribution in [0.3, 0.4) is 0 Å². The fourth-order valence-corrected chi connectivity index (χ4v) is 3.50. The van der Waals surface area contributed by atoms with Crippen LogP contribution in [0, 0.1) is 0 Å². The smallest absolute Gasteiger partial charge is 0.328 e. The van der Waals surface area contributed by atoms with Crippen molar-refractivity contribution in [2.45, 2.75) is 19.5 Å². The van der Waals surface area contributed by atoms with Crippen LogP contribution >= 0.6 is 27.3 Å². The van der Waals surface area contributed by atoms with Crippen LogP contribution in [0.5, 0.6) is 0 Å². The summed E-state index contributed by atoms with van der Waals surface area (Å²) in [7, 11) is 0. The Labute approximate surface area is 131 Å². The average molecular weight is 354 g/mol. The monoisotopic (exact) mass is 353 g/mol. The Kier molecular flexibility index (Phi) is 5.76. The van der Waals surface area contributed by atoms with Gasteiger partial charge in [0.1, 0.15) is 6.04 Å². The Bertz CT molecular complexity index is 556. The highest BCUT2D eigenvalue weighted by atomic mass is 79.9. The van der Waals surface area contributed by atoms with E-state index in [0.717, 1.165) is 14.9 Å². The summed E-state index contributed by atoms with van der Waals surface area (Å²) in [6, 6.07) is 11.5. The molecule has 1 unspecified atom stereocenters. The highest BCUT2D eigenvalue weighted by molar-refractivity contribution is 9.10. The Balaban J connectivity index is 2.11. The summed E-state index contributed by atoms with van der Waals surface area (Å²) in [5.41, 5.74) is 1.13. The zero-order valence-electron chi connectivity index (χ0n) is 11.1. The summed E-state index contributed by atoms with van der Waals surface area (Å²) >= 11 is 5.01. The summed E-state index contributed by atoms with van der Waals surface area (Å²) < 4.78 is 6.09. The number of benzene rings is 1. The van der Waals surface area contributed by atoms with Crippen molar-refractivity contribution < 1.29 is 9.53 Å². The molecule has 0 aliphatic carbocycles. The molecule has 0 spiro atoms. The maximum atomic E-state index is 12.1. The molecule has 1 aromatic carbocycles. The van der Waals surface area contributed by atoms with Crippen molar-refractivity contribution in [3.05, 3.63) is 56.7 Å². The summed E-state index contributed by atoms with van der Waals surface area (Å²) in [5, 5.41) is 5.22. The molecule has 20 heavy (non-hydrogen) atoms. The van der Waals surface area contributed by atoms with Gasteiger partial charge in [0.05, 0.1) is 6.61 Å². The second kappa shape index (κ2) is 7.57. The third kappa shape index (κ3) is 3.91. The van der Waals surface area contributed by atoms with Crippen LogP contribution in [0.2, 0.25) is 0 Å². The van der Waals surface area contributed by atoms with E-state index in [2.05, 4.69) is 21.2 Å². The third-order valence-electron chi connectivity index (χ3n) is 2.78. The molecule has 0 aliphatic heterocycles. The molecule has 0 saturated carbocycles. The molecule has 5 heteroatoms. The van der Waals surface area contributed by atoms with Gasteiger partial charge in [0.15, 0.2) is 0 Å². The van der Waals surface area contributed by atoms with Crippen molar-refractivity contribution in [2.75, 3.05) is 6.61 Å². The first-order valence-electron chi connectivity index (χ1n) is 6.39. The molecular weight excluding hydrogens is 338 g/mol. The van der Waals surface area contributed by atoms with Crippen molar-refractivity contribution in [3.8, 4) is 0 Å². The number of carbonyl (C=O) groups excluding carboxylic acids is 1. The Morgan fingerprint density at radius 2 is 2.10 bits per heavy atom. The highest BCUT2D eigenvalue weighted by Gasteiger charge is 2.24. The van der Waals surface area contributed by atoms with Gasteiger partial charge in [-0.05, 0) is 39.9 Å². The van der Waals surface area contributed by atoms with E-state index in [9.17, 15) is 4.79 Å². The summed E-state index contributed by atoms with van der Waals surface area (Å²) in [6.45, 7) is 2.82. The molecule has 3 nitrogen and oxygen atoms in total. The standard InChI is InChI=1S/C15H16BrNO2S/c1-2-19-15(18)13(14-12(16)8-9-20-14)17-10-11-6-4-3-5-7-11/h3-9,13,17H,2,10H2,1H3. The first kappa shape index (κ1) is 15.2. The first-order valence-corrected chi connectivity index (χ1v) is 8.06. The molecule has 0 radical (unpaired) electrons. The minimum atomic E-state index is -0.440. The van der Waals surface area contributed by atoms with E-state index in [1.807, 2.05) is 48.7 Å². The highest BCUT2D eigenvalue weighted by Crippen LogP contribution is 2.30. The van der Waals surface area contributed by atoms with E-state index in [1.165, 1.54) is 11.3 Å². The molecule has 0 bridgehead atoms. The van der Waals surface area contributed by atoms with Gasteiger partial charge in [-0.1, -0.05) is 30.3 Å². The molecule has 106 valence electrons. The van der Waals surface area contributed by atoms with Crippen molar-refractivity contribution in [3.63, 3.8) is 0 Å². The number of hydrogen-bond acceptors (Lipinski definition) is 4. The van der Waals surface area contributed by atoms with Crippen molar-refractivity contribution in [1.29, 1.82) is 0 Å². The molecule has 2 rings (SSSR count). The molecule has 2 aromatic rings. The number of nitrogens with one attached hydrogen (secondary N) is 1. The third-order valence-corrected chi connectivity index (χ3v) is 4.72. The van der Waals surface area contributed by atoms with Crippen LogP contribution in [-0.4, -0.2) is 12.6 Å². The molecule has 1 N–H and O–H groups in total. The van der Waals surface area contributed by atoms with Gasteiger partial charge in [-0.15, -0.1) is 11.3 Å². The van der Waals surface area contributed by atoms with Gasteiger partial charge in [0.25, 0.3) is 0 Å². The average Bonchev–Trinajstić information content (AvgIpc) is 2.87. The topological polar surface area (TPSA) is 38.3 Å². The Hall–Kier alpha value is -1.17. The van der Waals surface area contributed by atoms with Crippen LogP contribution in [0.1, 0.15) is 23.4 Å². The Morgan fingerprint density at radius 3 is 2.70 bits per heavy atom. The molecule has 0 fully saturated rings. The van der Waals surface area contributed by atoms with Crippen molar-refractivity contribution in [1.82, 2.24) is 5.32 Å². The number of esters is 1. The van der Waals surface area contributed by atoms with Crippen molar-refractivity contribution >= 4 is 33.2 Å². The van der Waals surface area contributed by atoms with E-state index in [4.69, 9.17) is 4.74 Å². The second-order valence-electron chi connectivity index (χ2n) is 4.18. The second-order valence-corrected chi connectivity index (χ2v) is 5.99. The van der Waals surface area contributed by atoms with E-state index in [0.29, 0.717) is 13.2 Å². The van der Waals surface area contributed by atoms with Gasteiger partial charge >= 0.3 is 5.97 Å². The van der Waals surface area contributed by atoms with Gasteiger partial charge in [-0.2, -0.15) is 0 Å². The predicted molar refractivity (Wildman–Crippen MR) is 84.7 cm³/mol. The van der Waals surface area contributed by atoms with E-state index in [-0.39, 0.29) is 5.97 Å². The molecule has 0 aliphatic rings. The number of rotatable bonds is 6. The lowest BCUT2D eigenvalue weighted by molar-refractivity contribution is -0.145. The zero-order chi connectivity index (χ0) is 14.4. The number of ether oxygens (including phenoxy) is 1. The lowest BCUT2D eigenvalue weighted by Gasteiger charge is -2.16. The minimum Gasteiger partial charge on any atom is -0.465 e. The molecule has 1 aromatic heterocycles. The van der Waals surface area contributed by atoms with Gasteiger partial charge in [-0.25, -0.2) is 4.79 Å². The SMILES string of the molecule is CCOC(=O)C(NCc1ccccc1)c1sccc1Br. The minimum absolute atomic E-state index is 0.244.